The third-order valence-corrected chi connectivity index (χ3v) is 3.17. The van der Waals surface area contributed by atoms with Gasteiger partial charge < -0.3 is 10.1 Å². The minimum absolute atomic E-state index is 0.242. The number of halogens is 2. The lowest BCUT2D eigenvalue weighted by Gasteiger charge is -2.29. The Kier molecular flexibility index (Phi) is 3.76. The first kappa shape index (κ1) is 13.4. The van der Waals surface area contributed by atoms with E-state index in [-0.39, 0.29) is 18.5 Å². The van der Waals surface area contributed by atoms with Gasteiger partial charge in [-0.1, -0.05) is 0 Å². The highest BCUT2D eigenvalue weighted by Gasteiger charge is 2.40. The summed E-state index contributed by atoms with van der Waals surface area (Å²) in [6.07, 6.45) is 0.485. The molecule has 1 saturated heterocycles. The van der Waals surface area contributed by atoms with Crippen LogP contribution >= 0.6 is 0 Å². The molecule has 100 valence electrons. The summed E-state index contributed by atoms with van der Waals surface area (Å²) < 4.78 is 31.6. The first-order chi connectivity index (χ1) is 9.07. The van der Waals surface area contributed by atoms with Gasteiger partial charge in [-0.2, -0.15) is 5.26 Å². The molecule has 0 saturated carbocycles. The summed E-state index contributed by atoms with van der Waals surface area (Å²) in [5.41, 5.74) is -1.50. The van der Waals surface area contributed by atoms with E-state index in [1.807, 2.05) is 6.07 Å². The molecule has 0 spiro atoms. The molecule has 0 atom stereocenters. The topological polar surface area (TPSA) is 62.1 Å². The van der Waals surface area contributed by atoms with Gasteiger partial charge in [0.1, 0.15) is 17.0 Å². The molecule has 2 rings (SSSR count). The monoisotopic (exact) mass is 266 g/mol. The fourth-order valence-electron chi connectivity index (χ4n) is 1.94. The third-order valence-electron chi connectivity index (χ3n) is 3.17. The number of nitriles is 1. The molecule has 6 heteroatoms. The molecule has 1 heterocycles. The number of nitrogens with one attached hydrogen (secondary N) is 1. The van der Waals surface area contributed by atoms with Gasteiger partial charge in [0, 0.05) is 19.3 Å². The molecule has 0 aromatic heterocycles. The standard InChI is InChI=1S/C13H12F2N2O2/c14-9-1-2-10(15)11(7-9)17-12(18)13(8-16)3-5-19-6-4-13/h1-2,7H,3-6H2,(H,17,18). The van der Waals surface area contributed by atoms with Crippen LogP contribution in [0.25, 0.3) is 0 Å². The molecule has 1 aromatic rings. The van der Waals surface area contributed by atoms with Gasteiger partial charge in [-0.3, -0.25) is 4.79 Å². The van der Waals surface area contributed by atoms with Gasteiger partial charge in [0.15, 0.2) is 0 Å². The van der Waals surface area contributed by atoms with Crippen molar-refractivity contribution in [2.24, 2.45) is 5.41 Å². The molecular weight excluding hydrogens is 254 g/mol. The first-order valence-corrected chi connectivity index (χ1v) is 5.83. The van der Waals surface area contributed by atoms with E-state index in [0.29, 0.717) is 13.2 Å². The van der Waals surface area contributed by atoms with Crippen LogP contribution in [0.5, 0.6) is 0 Å². The predicted octanol–water partition coefficient (Wildman–Crippen LogP) is 2.22. The minimum atomic E-state index is -1.24. The summed E-state index contributed by atoms with van der Waals surface area (Å²) in [5, 5.41) is 11.5. The molecule has 4 nitrogen and oxygen atoms in total. The summed E-state index contributed by atoms with van der Waals surface area (Å²) in [6.45, 7) is 0.596. The van der Waals surface area contributed by atoms with Gasteiger partial charge in [-0.05, 0) is 25.0 Å². The van der Waals surface area contributed by atoms with Gasteiger partial charge in [0.05, 0.1) is 11.8 Å². The number of hydrogen-bond donors (Lipinski definition) is 1. The van der Waals surface area contributed by atoms with Gasteiger partial charge >= 0.3 is 0 Å². The Morgan fingerprint density at radius 3 is 2.68 bits per heavy atom. The Morgan fingerprint density at radius 1 is 1.37 bits per heavy atom. The molecule has 1 aromatic carbocycles. The van der Waals surface area contributed by atoms with Crippen molar-refractivity contribution in [3.8, 4) is 6.07 Å². The molecule has 1 aliphatic heterocycles. The lowest BCUT2D eigenvalue weighted by Crippen LogP contribution is -2.40. The van der Waals surface area contributed by atoms with Crippen LogP contribution < -0.4 is 5.32 Å². The van der Waals surface area contributed by atoms with Crippen molar-refractivity contribution >= 4 is 11.6 Å². The lowest BCUT2D eigenvalue weighted by atomic mass is 9.81. The van der Waals surface area contributed by atoms with E-state index in [2.05, 4.69) is 5.32 Å². The first-order valence-electron chi connectivity index (χ1n) is 5.83. The van der Waals surface area contributed by atoms with Crippen molar-refractivity contribution in [2.45, 2.75) is 12.8 Å². The van der Waals surface area contributed by atoms with Crippen molar-refractivity contribution in [3.63, 3.8) is 0 Å². The maximum absolute atomic E-state index is 13.4. The minimum Gasteiger partial charge on any atom is -0.381 e. The summed E-state index contributed by atoms with van der Waals surface area (Å²) in [4.78, 5) is 12.1. The maximum atomic E-state index is 13.4. The summed E-state index contributed by atoms with van der Waals surface area (Å²) >= 11 is 0. The second kappa shape index (κ2) is 5.33. The van der Waals surface area contributed by atoms with Crippen LogP contribution in [-0.4, -0.2) is 19.1 Å². The van der Waals surface area contributed by atoms with Crippen LogP contribution in [0.4, 0.5) is 14.5 Å². The van der Waals surface area contributed by atoms with Crippen molar-refractivity contribution in [2.75, 3.05) is 18.5 Å². The average Bonchev–Trinajstić information content (AvgIpc) is 2.43. The molecule has 0 bridgehead atoms. The van der Waals surface area contributed by atoms with Crippen LogP contribution in [0.3, 0.4) is 0 Å². The van der Waals surface area contributed by atoms with Crippen molar-refractivity contribution in [1.29, 1.82) is 5.26 Å². The van der Waals surface area contributed by atoms with Crippen molar-refractivity contribution in [3.05, 3.63) is 29.8 Å². The number of amides is 1. The molecule has 1 fully saturated rings. The van der Waals surface area contributed by atoms with E-state index in [4.69, 9.17) is 4.74 Å². The van der Waals surface area contributed by atoms with E-state index in [1.165, 1.54) is 0 Å². The van der Waals surface area contributed by atoms with Crippen LogP contribution in [0.15, 0.2) is 18.2 Å². The van der Waals surface area contributed by atoms with Gasteiger partial charge in [-0.25, -0.2) is 8.78 Å². The van der Waals surface area contributed by atoms with Gasteiger partial charge in [0.2, 0.25) is 5.91 Å². The highest BCUT2D eigenvalue weighted by Crippen LogP contribution is 2.31. The number of carbonyl (C=O) groups excluding carboxylic acids is 1. The molecule has 1 amide bonds. The molecule has 1 aliphatic rings. The molecule has 19 heavy (non-hydrogen) atoms. The zero-order valence-corrected chi connectivity index (χ0v) is 10.1. The number of ether oxygens (including phenoxy) is 1. The van der Waals surface area contributed by atoms with Crippen LogP contribution in [0, 0.1) is 28.4 Å². The largest absolute Gasteiger partial charge is 0.381 e. The number of benzene rings is 1. The zero-order valence-electron chi connectivity index (χ0n) is 10.1. The molecular formula is C13H12F2N2O2. The third kappa shape index (κ3) is 2.71. The van der Waals surface area contributed by atoms with E-state index in [1.54, 1.807) is 0 Å². The van der Waals surface area contributed by atoms with E-state index in [0.717, 1.165) is 18.2 Å². The number of rotatable bonds is 2. The maximum Gasteiger partial charge on any atom is 0.245 e. The number of carbonyl (C=O) groups is 1. The Balaban J connectivity index is 2.20. The predicted molar refractivity (Wildman–Crippen MR) is 63.1 cm³/mol. The molecule has 0 aliphatic carbocycles. The fourth-order valence-corrected chi connectivity index (χ4v) is 1.94. The summed E-state index contributed by atoms with van der Waals surface area (Å²) in [7, 11) is 0. The van der Waals surface area contributed by atoms with E-state index in [9.17, 15) is 18.8 Å². The van der Waals surface area contributed by atoms with Gasteiger partial charge in [-0.15, -0.1) is 0 Å². The van der Waals surface area contributed by atoms with Crippen LogP contribution in [-0.2, 0) is 9.53 Å². The fraction of sp³-hybridized carbons (Fsp3) is 0.385. The number of nitrogens with zero attached hydrogens (tertiary/aromatic N) is 1. The Bertz CT molecular complexity index is 534. The SMILES string of the molecule is N#CC1(C(=O)Nc2cc(F)ccc2F)CCOCC1. The smallest absolute Gasteiger partial charge is 0.245 e. The Labute approximate surface area is 109 Å². The average molecular weight is 266 g/mol. The van der Waals surface area contributed by atoms with Crippen molar-refractivity contribution in [1.82, 2.24) is 0 Å². The highest BCUT2D eigenvalue weighted by molar-refractivity contribution is 5.97. The number of anilines is 1. The second-order valence-corrected chi connectivity index (χ2v) is 4.38. The quantitative estimate of drug-likeness (QED) is 0.892. The number of hydrogen-bond acceptors (Lipinski definition) is 3. The Hall–Kier alpha value is -2.00. The Morgan fingerprint density at radius 2 is 2.05 bits per heavy atom. The zero-order chi connectivity index (χ0) is 13.9. The molecule has 0 unspecified atom stereocenters. The highest BCUT2D eigenvalue weighted by atomic mass is 19.1. The molecule has 0 radical (unpaired) electrons. The normalized spacial score (nSPS) is 17.5. The van der Waals surface area contributed by atoms with Crippen LogP contribution in [0.1, 0.15) is 12.8 Å². The van der Waals surface area contributed by atoms with E-state index >= 15 is 0 Å². The summed E-state index contributed by atoms with van der Waals surface area (Å²) in [6, 6.07) is 4.73. The molecule has 1 N–H and O–H groups in total. The lowest BCUT2D eigenvalue weighted by molar-refractivity contribution is -0.126. The van der Waals surface area contributed by atoms with Crippen LogP contribution in [0.2, 0.25) is 0 Å². The van der Waals surface area contributed by atoms with Crippen molar-refractivity contribution < 1.29 is 18.3 Å². The van der Waals surface area contributed by atoms with Gasteiger partial charge in [0.25, 0.3) is 0 Å². The van der Waals surface area contributed by atoms with E-state index < -0.39 is 23.0 Å². The summed E-state index contributed by atoms with van der Waals surface area (Å²) in [5.74, 6) is -2.02. The second-order valence-electron chi connectivity index (χ2n) is 4.38.